The molecule has 0 aliphatic heterocycles. The summed E-state index contributed by atoms with van der Waals surface area (Å²) >= 11 is 0. The van der Waals surface area contributed by atoms with Gasteiger partial charge in [0.15, 0.2) is 5.37 Å². The Balaban J connectivity index is -0.000000578. The van der Waals surface area contributed by atoms with E-state index in [9.17, 15) is 18.0 Å². The number of amides is 2. The Kier molecular flexibility index (Phi) is 15.0. The Bertz CT molecular complexity index is 584. The molecule has 0 aromatic carbocycles. The number of rotatable bonds is 7. The predicted molar refractivity (Wildman–Crippen MR) is 76.4 cm³/mol. The van der Waals surface area contributed by atoms with Crippen molar-refractivity contribution in [2.75, 3.05) is 0 Å². The monoisotopic (exact) mass is 356 g/mol. The Morgan fingerprint density at radius 2 is 1.78 bits per heavy atom. The summed E-state index contributed by atoms with van der Waals surface area (Å²) in [5.41, 5.74) is 4.66. The summed E-state index contributed by atoms with van der Waals surface area (Å²) in [6.07, 6.45) is 2.68. The third kappa shape index (κ3) is 15.2. The van der Waals surface area contributed by atoms with Gasteiger partial charge >= 0.3 is 29.6 Å². The molecule has 124 valence electrons. The van der Waals surface area contributed by atoms with E-state index in [1.54, 1.807) is 0 Å². The van der Waals surface area contributed by atoms with Gasteiger partial charge in [-0.15, -0.1) is 0 Å². The molecule has 1 unspecified atom stereocenters. The second-order valence-corrected chi connectivity index (χ2v) is 5.27. The Morgan fingerprint density at radius 3 is 2.04 bits per heavy atom. The minimum absolute atomic E-state index is 0. The molecule has 0 bridgehead atoms. The van der Waals surface area contributed by atoms with Crippen molar-refractivity contribution in [1.29, 1.82) is 0 Å². The topological polar surface area (TPSA) is 167 Å². The van der Waals surface area contributed by atoms with E-state index in [2.05, 4.69) is 18.5 Å². The van der Waals surface area contributed by atoms with Crippen molar-refractivity contribution in [3.63, 3.8) is 0 Å². The molecular weight excluding hydrogens is 339 g/mol. The van der Waals surface area contributed by atoms with Crippen LogP contribution in [0.4, 0.5) is 0 Å². The fraction of sp³-hybridized carbons (Fsp3) is 0.250. The van der Waals surface area contributed by atoms with Crippen LogP contribution in [0.2, 0.25) is 0 Å². The molecule has 0 radical (unpaired) electrons. The average molecular weight is 356 g/mol. The smallest absolute Gasteiger partial charge is 0.545 e. The van der Waals surface area contributed by atoms with Crippen LogP contribution in [0.5, 0.6) is 0 Å². The molecule has 0 heterocycles. The van der Waals surface area contributed by atoms with Crippen molar-refractivity contribution in [1.82, 2.24) is 5.32 Å². The first-order valence-corrected chi connectivity index (χ1v) is 7.23. The molecule has 1 atom stereocenters. The number of nitrogens with two attached hydrogens (primary N) is 1. The normalized spacial score (nSPS) is 11.2. The van der Waals surface area contributed by atoms with E-state index in [0.717, 1.165) is 18.2 Å². The number of primary amides is 1. The summed E-state index contributed by atoms with van der Waals surface area (Å²) < 4.78 is 30.4. The zero-order valence-corrected chi connectivity index (χ0v) is 15.6. The number of carbonyl (C=O) groups excluding carboxylic acids is 3. The minimum atomic E-state index is -4.36. The van der Waals surface area contributed by atoms with E-state index in [0.29, 0.717) is 0 Å². The standard InChI is InChI=1S/C9H14N2O5S.C3H4O2.Na/c1-3-8(17(14,15)16)11-9(13)6(2)4-5-7(10)12;1-2-3(4)5;/h4-5,8H,2-3H2,1H3,(H2,10,12)(H,11,13)(H,14,15,16);2H,1H2,(H,4,5);/q;;+1/p-1. The Labute approximate surface area is 156 Å². The Hall–Kier alpha value is -1.46. The molecule has 0 saturated carbocycles. The van der Waals surface area contributed by atoms with E-state index in [1.165, 1.54) is 6.92 Å². The molecule has 11 heteroatoms. The van der Waals surface area contributed by atoms with Crippen LogP contribution in [0.1, 0.15) is 13.3 Å². The van der Waals surface area contributed by atoms with Crippen molar-refractivity contribution >= 4 is 27.9 Å². The van der Waals surface area contributed by atoms with Crippen LogP contribution in [0, 0.1) is 0 Å². The van der Waals surface area contributed by atoms with Crippen molar-refractivity contribution in [2.45, 2.75) is 18.7 Å². The average Bonchev–Trinajstić information content (AvgIpc) is 2.40. The van der Waals surface area contributed by atoms with Crippen LogP contribution in [0.15, 0.2) is 37.0 Å². The van der Waals surface area contributed by atoms with Gasteiger partial charge in [-0.2, -0.15) is 8.42 Å². The third-order valence-electron chi connectivity index (χ3n) is 1.93. The van der Waals surface area contributed by atoms with Crippen molar-refractivity contribution in [3.8, 4) is 0 Å². The van der Waals surface area contributed by atoms with Gasteiger partial charge < -0.3 is 21.0 Å². The van der Waals surface area contributed by atoms with E-state index in [4.69, 9.17) is 20.2 Å². The van der Waals surface area contributed by atoms with Gasteiger partial charge in [0.2, 0.25) is 5.91 Å². The molecule has 9 nitrogen and oxygen atoms in total. The van der Waals surface area contributed by atoms with E-state index >= 15 is 0 Å². The van der Waals surface area contributed by atoms with E-state index in [1.807, 2.05) is 0 Å². The maximum atomic E-state index is 11.4. The molecule has 0 fully saturated rings. The van der Waals surface area contributed by atoms with Crippen LogP contribution < -0.4 is 45.7 Å². The summed E-state index contributed by atoms with van der Waals surface area (Å²) in [7, 11) is -4.36. The number of carboxylic acid groups (broad SMARTS) is 1. The largest absolute Gasteiger partial charge is 1.00 e. The van der Waals surface area contributed by atoms with Gasteiger partial charge in [-0.3, -0.25) is 14.1 Å². The summed E-state index contributed by atoms with van der Waals surface area (Å²) in [4.78, 5) is 30.9. The number of nitrogens with one attached hydrogen (secondary N) is 1. The molecule has 4 N–H and O–H groups in total. The van der Waals surface area contributed by atoms with Crippen LogP contribution in [-0.2, 0) is 24.5 Å². The molecule has 0 aromatic rings. The first-order chi connectivity index (χ1) is 9.95. The third-order valence-corrected chi connectivity index (χ3v) is 3.10. The summed E-state index contributed by atoms with van der Waals surface area (Å²) in [5, 5.41) is 9.78. The maximum Gasteiger partial charge on any atom is 1.00 e. The molecule has 0 aliphatic rings. The molecule has 23 heavy (non-hydrogen) atoms. The van der Waals surface area contributed by atoms with Gasteiger partial charge in [-0.25, -0.2) is 0 Å². The second kappa shape index (κ2) is 13.0. The van der Waals surface area contributed by atoms with Gasteiger partial charge in [-0.05, 0) is 18.6 Å². The molecule has 0 aliphatic carbocycles. The van der Waals surface area contributed by atoms with Gasteiger partial charge in [-0.1, -0.05) is 20.1 Å². The maximum absolute atomic E-state index is 11.4. The molecule has 0 saturated heterocycles. The van der Waals surface area contributed by atoms with Crippen LogP contribution >= 0.6 is 0 Å². The van der Waals surface area contributed by atoms with Crippen LogP contribution in [-0.4, -0.2) is 36.1 Å². The van der Waals surface area contributed by atoms with Crippen molar-refractivity contribution < 1.29 is 62.0 Å². The fourth-order valence-corrected chi connectivity index (χ4v) is 1.56. The summed E-state index contributed by atoms with van der Waals surface area (Å²) in [5.74, 6) is -2.81. The number of hydrogen-bond donors (Lipinski definition) is 3. The fourth-order valence-electron chi connectivity index (χ4n) is 0.884. The van der Waals surface area contributed by atoms with E-state index in [-0.39, 0.29) is 41.6 Å². The summed E-state index contributed by atoms with van der Waals surface area (Å²) in [6.45, 7) is 7.68. The first-order valence-electron chi connectivity index (χ1n) is 5.72. The molecular formula is C12H17N2NaO7S. The van der Waals surface area contributed by atoms with Crippen LogP contribution in [0.25, 0.3) is 0 Å². The Morgan fingerprint density at radius 1 is 1.35 bits per heavy atom. The minimum Gasteiger partial charge on any atom is -0.545 e. The van der Waals surface area contributed by atoms with E-state index < -0.39 is 33.3 Å². The van der Waals surface area contributed by atoms with Gasteiger partial charge in [0.05, 0.1) is 5.97 Å². The zero-order chi connectivity index (χ0) is 17.9. The quantitative estimate of drug-likeness (QED) is 0.178. The molecule has 0 rings (SSSR count). The number of hydrogen-bond acceptors (Lipinski definition) is 6. The molecule has 0 spiro atoms. The van der Waals surface area contributed by atoms with Crippen molar-refractivity contribution in [2.24, 2.45) is 5.73 Å². The number of carbonyl (C=O) groups is 3. The van der Waals surface area contributed by atoms with Gasteiger partial charge in [0.25, 0.3) is 16.0 Å². The van der Waals surface area contributed by atoms with Gasteiger partial charge in [0, 0.05) is 11.6 Å². The predicted octanol–water partition coefficient (Wildman–Crippen LogP) is -4.75. The SMILES string of the molecule is C=C(C=CC(N)=O)C(=O)NC(CC)S(=O)(=O)O.C=CC(=O)[O-].[Na+]. The molecule has 0 aromatic heterocycles. The first kappa shape index (κ1) is 26.4. The summed E-state index contributed by atoms with van der Waals surface area (Å²) in [6, 6.07) is 0. The van der Waals surface area contributed by atoms with Gasteiger partial charge in [0.1, 0.15) is 0 Å². The second-order valence-electron chi connectivity index (χ2n) is 3.67. The molecule has 2 amide bonds. The van der Waals surface area contributed by atoms with Crippen molar-refractivity contribution in [3.05, 3.63) is 37.0 Å². The van der Waals surface area contributed by atoms with Crippen LogP contribution in [0.3, 0.4) is 0 Å². The zero-order valence-electron chi connectivity index (χ0n) is 12.8. The number of carboxylic acids is 1. The number of aliphatic carboxylic acids is 1.